The Morgan fingerprint density at radius 1 is 1.26 bits per heavy atom. The number of ether oxygens (including phenoxy) is 1. The van der Waals surface area contributed by atoms with E-state index in [0.29, 0.717) is 18.2 Å². The van der Waals surface area contributed by atoms with E-state index in [2.05, 4.69) is 36.6 Å². The van der Waals surface area contributed by atoms with Crippen LogP contribution in [0.1, 0.15) is 33.3 Å². The molecule has 6 heteroatoms. The summed E-state index contributed by atoms with van der Waals surface area (Å²) in [5, 5.41) is 6.50. The first-order chi connectivity index (χ1) is 10.7. The quantitative estimate of drug-likeness (QED) is 0.638. The Hall–Kier alpha value is -1.82. The van der Waals surface area contributed by atoms with E-state index in [-0.39, 0.29) is 0 Å². The van der Waals surface area contributed by atoms with Gasteiger partial charge in [-0.05, 0) is 64.5 Å². The van der Waals surface area contributed by atoms with Crippen LogP contribution in [0.2, 0.25) is 0 Å². The third-order valence-corrected chi connectivity index (χ3v) is 3.31. The molecular weight excluding hydrogens is 310 g/mol. The van der Waals surface area contributed by atoms with Gasteiger partial charge in [0.2, 0.25) is 0 Å². The van der Waals surface area contributed by atoms with Gasteiger partial charge in [0.1, 0.15) is 5.60 Å². The first-order valence-electron chi connectivity index (χ1n) is 7.82. The molecule has 0 fully saturated rings. The lowest BCUT2D eigenvalue weighted by Crippen LogP contribution is -2.43. The smallest absolute Gasteiger partial charge is 0.407 e. The standard InChI is InChI=1S/C17H27N3O2S/c1-6-20(14-9-7-8-13(2)12-14)15(23)18-10-11-19-16(21)22-17(3,4)5/h7-9,12H,6,10-11H2,1-5H3,(H,18,23)(H,19,21). The molecule has 0 saturated carbocycles. The zero-order chi connectivity index (χ0) is 17.5. The van der Waals surface area contributed by atoms with Crippen LogP contribution in [0, 0.1) is 6.92 Å². The summed E-state index contributed by atoms with van der Waals surface area (Å²) in [7, 11) is 0. The van der Waals surface area contributed by atoms with Crippen molar-refractivity contribution in [3.63, 3.8) is 0 Å². The molecule has 23 heavy (non-hydrogen) atoms. The Bertz CT molecular complexity index is 541. The maximum atomic E-state index is 11.5. The number of alkyl carbamates (subject to hydrolysis) is 1. The number of benzene rings is 1. The van der Waals surface area contributed by atoms with Crippen molar-refractivity contribution in [2.24, 2.45) is 0 Å². The molecular formula is C17H27N3O2S. The molecule has 0 radical (unpaired) electrons. The average molecular weight is 337 g/mol. The number of carbonyl (C=O) groups excluding carboxylic acids is 1. The van der Waals surface area contributed by atoms with Crippen LogP contribution in [-0.4, -0.2) is 36.4 Å². The molecule has 0 aliphatic carbocycles. The van der Waals surface area contributed by atoms with E-state index in [4.69, 9.17) is 17.0 Å². The summed E-state index contributed by atoms with van der Waals surface area (Å²) in [5.74, 6) is 0. The van der Waals surface area contributed by atoms with Crippen LogP contribution < -0.4 is 15.5 Å². The topological polar surface area (TPSA) is 53.6 Å². The summed E-state index contributed by atoms with van der Waals surface area (Å²) in [5.41, 5.74) is 1.76. The number of hydrogen-bond acceptors (Lipinski definition) is 3. The fourth-order valence-corrected chi connectivity index (χ4v) is 2.32. The van der Waals surface area contributed by atoms with Crippen molar-refractivity contribution in [1.82, 2.24) is 10.6 Å². The third kappa shape index (κ3) is 7.32. The number of amides is 1. The molecule has 1 rings (SSSR count). The molecule has 0 unspecified atom stereocenters. The van der Waals surface area contributed by atoms with Crippen molar-refractivity contribution in [2.45, 2.75) is 40.2 Å². The minimum absolute atomic E-state index is 0.420. The Labute approximate surface area is 144 Å². The molecule has 128 valence electrons. The highest BCUT2D eigenvalue weighted by Crippen LogP contribution is 2.15. The monoisotopic (exact) mass is 337 g/mol. The number of rotatable bonds is 5. The van der Waals surface area contributed by atoms with Crippen LogP contribution >= 0.6 is 12.2 Å². The van der Waals surface area contributed by atoms with Gasteiger partial charge in [0.25, 0.3) is 0 Å². The summed E-state index contributed by atoms with van der Waals surface area (Å²) in [6, 6.07) is 8.19. The molecule has 0 saturated heterocycles. The molecule has 2 N–H and O–H groups in total. The zero-order valence-corrected chi connectivity index (χ0v) is 15.4. The number of carbonyl (C=O) groups is 1. The predicted molar refractivity (Wildman–Crippen MR) is 99.0 cm³/mol. The van der Waals surface area contributed by atoms with E-state index in [1.165, 1.54) is 5.56 Å². The maximum absolute atomic E-state index is 11.5. The van der Waals surface area contributed by atoms with Crippen molar-refractivity contribution < 1.29 is 9.53 Å². The van der Waals surface area contributed by atoms with Gasteiger partial charge in [0.15, 0.2) is 5.11 Å². The van der Waals surface area contributed by atoms with Gasteiger partial charge in [-0.3, -0.25) is 0 Å². The van der Waals surface area contributed by atoms with Gasteiger partial charge in [-0.25, -0.2) is 4.79 Å². The SMILES string of the molecule is CCN(C(=S)NCCNC(=O)OC(C)(C)C)c1cccc(C)c1. The minimum Gasteiger partial charge on any atom is -0.444 e. The zero-order valence-electron chi connectivity index (χ0n) is 14.6. The second-order valence-electron chi connectivity index (χ2n) is 6.24. The molecule has 0 heterocycles. The highest BCUT2D eigenvalue weighted by Gasteiger charge is 2.15. The van der Waals surface area contributed by atoms with E-state index in [1.807, 2.05) is 37.8 Å². The Morgan fingerprint density at radius 3 is 2.48 bits per heavy atom. The molecule has 1 aromatic carbocycles. The summed E-state index contributed by atoms with van der Waals surface area (Å²) in [4.78, 5) is 13.6. The van der Waals surface area contributed by atoms with Crippen molar-refractivity contribution in [1.29, 1.82) is 0 Å². The lowest BCUT2D eigenvalue weighted by Gasteiger charge is -2.25. The number of anilines is 1. The molecule has 0 atom stereocenters. The van der Waals surface area contributed by atoms with Gasteiger partial charge in [0, 0.05) is 25.3 Å². The van der Waals surface area contributed by atoms with Crippen LogP contribution in [0.5, 0.6) is 0 Å². The molecule has 5 nitrogen and oxygen atoms in total. The number of aryl methyl sites for hydroxylation is 1. The fraction of sp³-hybridized carbons (Fsp3) is 0.529. The molecule has 1 aromatic rings. The van der Waals surface area contributed by atoms with Crippen molar-refractivity contribution in [3.05, 3.63) is 29.8 Å². The molecule has 1 amide bonds. The van der Waals surface area contributed by atoms with E-state index in [1.54, 1.807) is 0 Å². The third-order valence-electron chi connectivity index (χ3n) is 2.94. The lowest BCUT2D eigenvalue weighted by atomic mass is 10.2. The van der Waals surface area contributed by atoms with Crippen LogP contribution in [0.3, 0.4) is 0 Å². The first kappa shape index (κ1) is 19.2. The molecule has 0 aliphatic rings. The second-order valence-corrected chi connectivity index (χ2v) is 6.63. The van der Waals surface area contributed by atoms with Gasteiger partial charge in [-0.15, -0.1) is 0 Å². The minimum atomic E-state index is -0.489. The predicted octanol–water partition coefficient (Wildman–Crippen LogP) is 3.22. The van der Waals surface area contributed by atoms with E-state index < -0.39 is 11.7 Å². The first-order valence-corrected chi connectivity index (χ1v) is 8.22. The number of thiocarbonyl (C=S) groups is 1. The largest absolute Gasteiger partial charge is 0.444 e. The summed E-state index contributed by atoms with van der Waals surface area (Å²) in [6.45, 7) is 11.4. The van der Waals surface area contributed by atoms with Gasteiger partial charge in [0.05, 0.1) is 0 Å². The molecule has 0 bridgehead atoms. The highest BCUT2D eigenvalue weighted by atomic mass is 32.1. The Balaban J connectivity index is 2.42. The van der Waals surface area contributed by atoms with Crippen LogP contribution in [0.15, 0.2) is 24.3 Å². The lowest BCUT2D eigenvalue weighted by molar-refractivity contribution is 0.0529. The van der Waals surface area contributed by atoms with Gasteiger partial charge in [-0.1, -0.05) is 12.1 Å². The number of nitrogens with one attached hydrogen (secondary N) is 2. The van der Waals surface area contributed by atoms with E-state index in [0.717, 1.165) is 12.2 Å². The summed E-state index contributed by atoms with van der Waals surface area (Å²) >= 11 is 5.44. The van der Waals surface area contributed by atoms with Crippen LogP contribution in [0.25, 0.3) is 0 Å². The molecule has 0 spiro atoms. The second kappa shape index (κ2) is 8.72. The Kier molecular flexibility index (Phi) is 7.29. The number of hydrogen-bond donors (Lipinski definition) is 2. The van der Waals surface area contributed by atoms with Gasteiger partial charge in [-0.2, -0.15) is 0 Å². The van der Waals surface area contributed by atoms with Crippen molar-refractivity contribution in [2.75, 3.05) is 24.5 Å². The fourth-order valence-electron chi connectivity index (χ4n) is 1.98. The van der Waals surface area contributed by atoms with E-state index in [9.17, 15) is 4.79 Å². The molecule has 0 aliphatic heterocycles. The van der Waals surface area contributed by atoms with Crippen molar-refractivity contribution in [3.8, 4) is 0 Å². The van der Waals surface area contributed by atoms with Gasteiger partial charge >= 0.3 is 6.09 Å². The molecule has 0 aromatic heterocycles. The van der Waals surface area contributed by atoms with Crippen LogP contribution in [-0.2, 0) is 4.74 Å². The number of nitrogens with zero attached hydrogens (tertiary/aromatic N) is 1. The summed E-state index contributed by atoms with van der Waals surface area (Å²) < 4.78 is 5.17. The van der Waals surface area contributed by atoms with Crippen molar-refractivity contribution >= 4 is 29.1 Å². The summed E-state index contributed by atoms with van der Waals surface area (Å²) in [6.07, 6.45) is -0.420. The van der Waals surface area contributed by atoms with Gasteiger partial charge < -0.3 is 20.3 Å². The maximum Gasteiger partial charge on any atom is 0.407 e. The Morgan fingerprint density at radius 2 is 1.91 bits per heavy atom. The van der Waals surface area contributed by atoms with Crippen LogP contribution in [0.4, 0.5) is 10.5 Å². The normalized spacial score (nSPS) is 10.8. The van der Waals surface area contributed by atoms with E-state index >= 15 is 0 Å². The highest BCUT2D eigenvalue weighted by molar-refractivity contribution is 7.80. The average Bonchev–Trinajstić information content (AvgIpc) is 2.42.